The lowest BCUT2D eigenvalue weighted by atomic mass is 10.2. The molecule has 1 aromatic carbocycles. The zero-order chi connectivity index (χ0) is 15.3. The van der Waals surface area contributed by atoms with E-state index in [1.165, 1.54) is 19.1 Å². The molecule has 3 amide bonds. The highest BCUT2D eigenvalue weighted by Gasteiger charge is 2.19. The van der Waals surface area contributed by atoms with Crippen molar-refractivity contribution in [1.29, 1.82) is 0 Å². The van der Waals surface area contributed by atoms with Gasteiger partial charge >= 0.3 is 6.03 Å². The Hall–Kier alpha value is -2.68. The number of carbonyl (C=O) groups excluding carboxylic acids is 2. The van der Waals surface area contributed by atoms with Crippen LogP contribution in [0.15, 0.2) is 18.2 Å². The van der Waals surface area contributed by atoms with Crippen molar-refractivity contribution >= 4 is 17.6 Å². The number of benzene rings is 1. The van der Waals surface area contributed by atoms with E-state index in [0.29, 0.717) is 0 Å². The monoisotopic (exact) mass is 283 g/mol. The summed E-state index contributed by atoms with van der Waals surface area (Å²) in [4.78, 5) is 31.9. The van der Waals surface area contributed by atoms with Crippen LogP contribution in [0.5, 0.6) is 5.75 Å². The van der Waals surface area contributed by atoms with E-state index in [1.54, 1.807) is 0 Å². The summed E-state index contributed by atoms with van der Waals surface area (Å²) < 4.78 is 5.23. The second kappa shape index (κ2) is 6.48. The molecular weight excluding hydrogens is 270 g/mol. The molecule has 0 saturated carbocycles. The summed E-state index contributed by atoms with van der Waals surface area (Å²) in [7, 11) is 0. The number of non-ortho nitro benzene ring substituents is 1. The Labute approximate surface area is 113 Å². The van der Waals surface area contributed by atoms with Crippen molar-refractivity contribution in [1.82, 2.24) is 5.32 Å². The van der Waals surface area contributed by atoms with Gasteiger partial charge in [-0.3, -0.25) is 20.2 Å². The predicted octanol–water partition coefficient (Wildman–Crippen LogP) is 0.0493. The Morgan fingerprint density at radius 2 is 2.20 bits per heavy atom. The van der Waals surface area contributed by atoms with E-state index in [9.17, 15) is 19.7 Å². The average Bonchev–Trinajstić information content (AvgIpc) is 2.37. The zero-order valence-corrected chi connectivity index (χ0v) is 10.5. The van der Waals surface area contributed by atoms with Gasteiger partial charge in [0.2, 0.25) is 0 Å². The number of nitro benzene ring substituents is 1. The number of hydrogen-bond donors (Lipinski definition) is 3. The fraction of sp³-hybridized carbons (Fsp3) is 0.273. The van der Waals surface area contributed by atoms with Gasteiger partial charge in [-0.1, -0.05) is 0 Å². The van der Waals surface area contributed by atoms with E-state index in [-0.39, 0.29) is 17.0 Å². The lowest BCUT2D eigenvalue weighted by Crippen LogP contribution is -2.42. The fourth-order valence-corrected chi connectivity index (χ4v) is 1.38. The Balaban J connectivity index is 2.89. The normalized spacial score (nSPS) is 11.5. The standard InChI is InChI=1S/C11H13N3O6/c1-6(10(16)13-11(12)17)20-9-3-2-8(14(18)19)4-7(9)5-15/h2-4,6,15H,5H2,1H3,(H3,12,13,16,17). The first-order chi connectivity index (χ1) is 9.35. The molecule has 20 heavy (non-hydrogen) atoms. The first-order valence-corrected chi connectivity index (χ1v) is 5.50. The maximum Gasteiger partial charge on any atom is 0.318 e. The van der Waals surface area contributed by atoms with Crippen LogP contribution >= 0.6 is 0 Å². The van der Waals surface area contributed by atoms with Gasteiger partial charge < -0.3 is 15.6 Å². The van der Waals surface area contributed by atoms with E-state index in [1.807, 2.05) is 5.32 Å². The molecule has 0 radical (unpaired) electrons. The summed E-state index contributed by atoms with van der Waals surface area (Å²) in [5.41, 5.74) is 4.73. The molecule has 1 atom stereocenters. The number of urea groups is 1. The van der Waals surface area contributed by atoms with E-state index in [0.717, 1.165) is 6.07 Å². The fourth-order valence-electron chi connectivity index (χ4n) is 1.38. The SMILES string of the molecule is CC(Oc1ccc([N+](=O)[O-])cc1CO)C(=O)NC(N)=O. The lowest BCUT2D eigenvalue weighted by molar-refractivity contribution is -0.385. The minimum atomic E-state index is -1.06. The molecule has 0 aliphatic rings. The van der Waals surface area contributed by atoms with Gasteiger partial charge in [0.1, 0.15) is 5.75 Å². The number of nitrogens with two attached hydrogens (primary N) is 1. The van der Waals surface area contributed by atoms with Crippen LogP contribution in [0.25, 0.3) is 0 Å². The smallest absolute Gasteiger partial charge is 0.318 e. The topological polar surface area (TPSA) is 145 Å². The van der Waals surface area contributed by atoms with Gasteiger partial charge in [-0.05, 0) is 13.0 Å². The molecule has 0 heterocycles. The van der Waals surface area contributed by atoms with Crippen LogP contribution in [0, 0.1) is 10.1 Å². The summed E-state index contributed by atoms with van der Waals surface area (Å²) >= 11 is 0. The number of nitrogens with one attached hydrogen (secondary N) is 1. The molecule has 0 aromatic heterocycles. The van der Waals surface area contributed by atoms with E-state index in [2.05, 4.69) is 0 Å². The van der Waals surface area contributed by atoms with E-state index >= 15 is 0 Å². The number of nitrogens with zero attached hydrogens (tertiary/aromatic N) is 1. The summed E-state index contributed by atoms with van der Waals surface area (Å²) in [5, 5.41) is 21.6. The number of amides is 3. The second-order valence-corrected chi connectivity index (χ2v) is 3.82. The van der Waals surface area contributed by atoms with Gasteiger partial charge in [0.15, 0.2) is 6.10 Å². The average molecular weight is 283 g/mol. The summed E-state index contributed by atoms with van der Waals surface area (Å²) in [6, 6.07) is 2.55. The molecule has 0 spiro atoms. The number of primary amides is 1. The molecule has 9 heteroatoms. The third-order valence-corrected chi connectivity index (χ3v) is 2.34. The number of ether oxygens (including phenoxy) is 1. The largest absolute Gasteiger partial charge is 0.481 e. The minimum absolute atomic E-state index is 0.102. The van der Waals surface area contributed by atoms with Crippen LogP contribution in [-0.2, 0) is 11.4 Å². The van der Waals surface area contributed by atoms with Crippen molar-refractivity contribution in [3.63, 3.8) is 0 Å². The van der Waals surface area contributed by atoms with Gasteiger partial charge in [-0.2, -0.15) is 0 Å². The van der Waals surface area contributed by atoms with Crippen LogP contribution < -0.4 is 15.8 Å². The van der Waals surface area contributed by atoms with Crippen LogP contribution in [0.1, 0.15) is 12.5 Å². The molecule has 9 nitrogen and oxygen atoms in total. The third kappa shape index (κ3) is 3.92. The van der Waals surface area contributed by atoms with Crippen molar-refractivity contribution in [2.45, 2.75) is 19.6 Å². The molecule has 108 valence electrons. The predicted molar refractivity (Wildman–Crippen MR) is 66.8 cm³/mol. The van der Waals surface area contributed by atoms with Crippen LogP contribution in [0.3, 0.4) is 0 Å². The molecule has 0 aliphatic heterocycles. The van der Waals surface area contributed by atoms with Crippen LogP contribution in [0.2, 0.25) is 0 Å². The number of hydrogen-bond acceptors (Lipinski definition) is 6. The first-order valence-electron chi connectivity index (χ1n) is 5.50. The van der Waals surface area contributed by atoms with Gasteiger partial charge in [0.05, 0.1) is 11.5 Å². The van der Waals surface area contributed by atoms with Crippen molar-refractivity contribution < 1.29 is 24.4 Å². The Morgan fingerprint density at radius 3 is 2.70 bits per heavy atom. The van der Waals surface area contributed by atoms with Crippen LogP contribution in [-0.4, -0.2) is 28.1 Å². The number of carbonyl (C=O) groups is 2. The molecule has 1 unspecified atom stereocenters. The molecule has 0 aliphatic carbocycles. The molecule has 4 N–H and O–H groups in total. The Morgan fingerprint density at radius 1 is 1.55 bits per heavy atom. The van der Waals surface area contributed by atoms with Crippen LogP contribution in [0.4, 0.5) is 10.5 Å². The lowest BCUT2D eigenvalue weighted by Gasteiger charge is -2.15. The first kappa shape index (κ1) is 15.4. The maximum absolute atomic E-state index is 11.4. The molecule has 1 aromatic rings. The van der Waals surface area contributed by atoms with Crippen molar-refractivity contribution in [2.24, 2.45) is 5.73 Å². The van der Waals surface area contributed by atoms with Gasteiger partial charge in [0, 0.05) is 17.7 Å². The third-order valence-electron chi connectivity index (χ3n) is 2.34. The number of nitro groups is 1. The number of imide groups is 1. The number of aliphatic hydroxyl groups excluding tert-OH is 1. The van der Waals surface area contributed by atoms with Crippen molar-refractivity contribution in [2.75, 3.05) is 0 Å². The quantitative estimate of drug-likeness (QED) is 0.514. The number of aliphatic hydroxyl groups is 1. The Kier molecular flexibility index (Phi) is 4.98. The van der Waals surface area contributed by atoms with E-state index in [4.69, 9.17) is 15.6 Å². The zero-order valence-electron chi connectivity index (χ0n) is 10.5. The van der Waals surface area contributed by atoms with Crippen molar-refractivity contribution in [3.8, 4) is 5.75 Å². The summed E-state index contributed by atoms with van der Waals surface area (Å²) in [6.45, 7) is 0.863. The molecule has 1 rings (SSSR count). The molecule has 0 saturated heterocycles. The summed E-state index contributed by atoms with van der Waals surface area (Å²) in [5.74, 6) is -0.662. The minimum Gasteiger partial charge on any atom is -0.481 e. The maximum atomic E-state index is 11.4. The van der Waals surface area contributed by atoms with Gasteiger partial charge in [-0.25, -0.2) is 4.79 Å². The molecular formula is C11H13N3O6. The molecule has 0 bridgehead atoms. The van der Waals surface area contributed by atoms with Gasteiger partial charge in [-0.15, -0.1) is 0 Å². The summed E-state index contributed by atoms with van der Waals surface area (Å²) in [6.07, 6.45) is -1.06. The second-order valence-electron chi connectivity index (χ2n) is 3.82. The Bertz CT molecular complexity index is 545. The highest BCUT2D eigenvalue weighted by Crippen LogP contribution is 2.25. The number of rotatable bonds is 5. The van der Waals surface area contributed by atoms with Crippen molar-refractivity contribution in [3.05, 3.63) is 33.9 Å². The highest BCUT2D eigenvalue weighted by molar-refractivity contribution is 5.95. The van der Waals surface area contributed by atoms with Gasteiger partial charge in [0.25, 0.3) is 11.6 Å². The van der Waals surface area contributed by atoms with E-state index < -0.39 is 29.6 Å². The molecule has 0 fully saturated rings. The highest BCUT2D eigenvalue weighted by atomic mass is 16.6.